The van der Waals surface area contributed by atoms with Crippen molar-refractivity contribution in [1.29, 1.82) is 0 Å². The molecule has 0 heterocycles. The van der Waals surface area contributed by atoms with Crippen LogP contribution in [0.25, 0.3) is 0 Å². The fraction of sp³-hybridized carbons (Fsp3) is 0.771. The summed E-state index contributed by atoms with van der Waals surface area (Å²) in [5.41, 5.74) is 0. The third-order valence-corrected chi connectivity index (χ3v) is 6.92. The molecule has 0 aliphatic rings. The molecule has 2 atom stereocenters. The molecule has 0 spiro atoms. The minimum Gasteiger partial charge on any atom is -0.463 e. The fourth-order valence-electron chi connectivity index (χ4n) is 4.39. The SMILES string of the molecule is CC/C=C/C/C=C/C=C/C(O)CCCCCCCC(=O)OC[C@@H](O)COC(=O)CCCCCCCCCCC(C)C. The molecular formula is C35H62O6. The summed E-state index contributed by atoms with van der Waals surface area (Å²) < 4.78 is 10.2. The highest BCUT2D eigenvalue weighted by Crippen LogP contribution is 2.13. The van der Waals surface area contributed by atoms with Gasteiger partial charge in [0, 0.05) is 12.8 Å². The van der Waals surface area contributed by atoms with Crippen LogP contribution in [-0.4, -0.2) is 47.6 Å². The van der Waals surface area contributed by atoms with Gasteiger partial charge in [0.1, 0.15) is 19.3 Å². The zero-order valence-electron chi connectivity index (χ0n) is 26.6. The van der Waals surface area contributed by atoms with Gasteiger partial charge >= 0.3 is 11.9 Å². The Labute approximate surface area is 251 Å². The molecule has 6 nitrogen and oxygen atoms in total. The molecule has 0 saturated carbocycles. The second kappa shape index (κ2) is 29.6. The van der Waals surface area contributed by atoms with Gasteiger partial charge in [-0.3, -0.25) is 9.59 Å². The molecule has 0 aromatic heterocycles. The standard InChI is InChI=1S/C35H62O6/c1-4-5-6-7-10-15-20-25-32(36)26-21-16-13-18-23-28-35(39)41-30-33(37)29-40-34(38)27-22-17-12-9-8-11-14-19-24-31(2)3/h5-6,10,15,20,25,31-33,36-37H,4,7-9,11-14,16-19,21-24,26-30H2,1-3H3/b6-5+,15-10+,25-20+/t32?,33-/m0/s1. The van der Waals surface area contributed by atoms with E-state index >= 15 is 0 Å². The van der Waals surface area contributed by atoms with Crippen LogP contribution in [0.15, 0.2) is 36.5 Å². The first-order valence-electron chi connectivity index (χ1n) is 16.5. The van der Waals surface area contributed by atoms with Gasteiger partial charge in [-0.2, -0.15) is 0 Å². The molecule has 0 aliphatic carbocycles. The van der Waals surface area contributed by atoms with Gasteiger partial charge in [0.15, 0.2) is 0 Å². The number of hydrogen-bond acceptors (Lipinski definition) is 6. The summed E-state index contributed by atoms with van der Waals surface area (Å²) in [5, 5.41) is 19.9. The number of carbonyl (C=O) groups is 2. The quantitative estimate of drug-likeness (QED) is 0.0418. The van der Waals surface area contributed by atoms with E-state index in [1.165, 1.54) is 38.5 Å². The predicted octanol–water partition coefficient (Wildman–Crippen LogP) is 8.55. The second-order valence-electron chi connectivity index (χ2n) is 11.6. The predicted molar refractivity (Wildman–Crippen MR) is 170 cm³/mol. The summed E-state index contributed by atoms with van der Waals surface area (Å²) in [5.74, 6) is 0.156. The van der Waals surface area contributed by atoms with Gasteiger partial charge in [0.05, 0.1) is 6.10 Å². The van der Waals surface area contributed by atoms with Crippen molar-refractivity contribution in [3.63, 3.8) is 0 Å². The smallest absolute Gasteiger partial charge is 0.305 e. The van der Waals surface area contributed by atoms with Gasteiger partial charge in [0.25, 0.3) is 0 Å². The van der Waals surface area contributed by atoms with Crippen molar-refractivity contribution >= 4 is 11.9 Å². The Morgan fingerprint density at radius 1 is 0.634 bits per heavy atom. The van der Waals surface area contributed by atoms with Crippen molar-refractivity contribution < 1.29 is 29.3 Å². The fourth-order valence-corrected chi connectivity index (χ4v) is 4.39. The summed E-state index contributed by atoms with van der Waals surface area (Å²) in [6.07, 6.45) is 29.4. The van der Waals surface area contributed by atoms with Gasteiger partial charge in [0.2, 0.25) is 0 Å². The number of rotatable bonds is 28. The largest absolute Gasteiger partial charge is 0.463 e. The molecule has 0 rings (SSSR count). The molecule has 41 heavy (non-hydrogen) atoms. The van der Waals surface area contributed by atoms with Gasteiger partial charge in [-0.05, 0) is 38.0 Å². The zero-order chi connectivity index (χ0) is 30.4. The molecule has 6 heteroatoms. The summed E-state index contributed by atoms with van der Waals surface area (Å²) in [7, 11) is 0. The van der Waals surface area contributed by atoms with E-state index < -0.39 is 12.2 Å². The van der Waals surface area contributed by atoms with Crippen molar-refractivity contribution in [3.8, 4) is 0 Å². The highest BCUT2D eigenvalue weighted by atomic mass is 16.6. The summed E-state index contributed by atoms with van der Waals surface area (Å²) >= 11 is 0. The van der Waals surface area contributed by atoms with Crippen molar-refractivity contribution in [2.75, 3.05) is 13.2 Å². The van der Waals surface area contributed by atoms with Crippen molar-refractivity contribution in [1.82, 2.24) is 0 Å². The normalized spacial score (nSPS) is 13.5. The lowest BCUT2D eigenvalue weighted by Crippen LogP contribution is -2.25. The van der Waals surface area contributed by atoms with Crippen LogP contribution < -0.4 is 0 Å². The zero-order valence-corrected chi connectivity index (χ0v) is 26.6. The van der Waals surface area contributed by atoms with Gasteiger partial charge in [-0.1, -0.05) is 134 Å². The molecule has 0 aliphatic heterocycles. The van der Waals surface area contributed by atoms with Crippen LogP contribution in [0.5, 0.6) is 0 Å². The molecule has 0 aromatic rings. The van der Waals surface area contributed by atoms with Crippen molar-refractivity contribution in [3.05, 3.63) is 36.5 Å². The first kappa shape index (κ1) is 39.1. The van der Waals surface area contributed by atoms with E-state index in [1.807, 2.05) is 18.2 Å². The number of esters is 2. The van der Waals surface area contributed by atoms with E-state index in [0.717, 1.165) is 76.5 Å². The lowest BCUT2D eigenvalue weighted by atomic mass is 10.0. The van der Waals surface area contributed by atoms with E-state index in [4.69, 9.17) is 9.47 Å². The number of unbranched alkanes of at least 4 members (excludes halogenated alkanes) is 11. The molecular weight excluding hydrogens is 516 g/mol. The highest BCUT2D eigenvalue weighted by Gasteiger charge is 2.12. The monoisotopic (exact) mass is 578 g/mol. The van der Waals surface area contributed by atoms with Gasteiger partial charge in [-0.15, -0.1) is 0 Å². The minimum atomic E-state index is -0.993. The van der Waals surface area contributed by atoms with Crippen LogP contribution in [0.3, 0.4) is 0 Å². The van der Waals surface area contributed by atoms with Crippen LogP contribution >= 0.6 is 0 Å². The Morgan fingerprint density at radius 3 is 1.63 bits per heavy atom. The topological polar surface area (TPSA) is 93.1 Å². The maximum absolute atomic E-state index is 11.9. The number of aliphatic hydroxyl groups is 2. The average Bonchev–Trinajstić information content (AvgIpc) is 2.94. The Hall–Kier alpha value is -1.92. The van der Waals surface area contributed by atoms with Crippen molar-refractivity contribution in [2.24, 2.45) is 5.92 Å². The Kier molecular flexibility index (Phi) is 28.2. The molecule has 0 amide bonds. The van der Waals surface area contributed by atoms with Crippen LogP contribution in [0.1, 0.15) is 143 Å². The molecule has 238 valence electrons. The number of carbonyl (C=O) groups excluding carboxylic acids is 2. The molecule has 0 saturated heterocycles. The lowest BCUT2D eigenvalue weighted by molar-refractivity contribution is -0.152. The summed E-state index contributed by atoms with van der Waals surface area (Å²) in [6.45, 7) is 6.36. The van der Waals surface area contributed by atoms with Crippen LogP contribution in [0.4, 0.5) is 0 Å². The minimum absolute atomic E-state index is 0.143. The average molecular weight is 579 g/mol. The van der Waals surface area contributed by atoms with E-state index in [1.54, 1.807) is 0 Å². The maximum Gasteiger partial charge on any atom is 0.305 e. The van der Waals surface area contributed by atoms with Crippen molar-refractivity contribution in [2.45, 2.75) is 155 Å². The summed E-state index contributed by atoms with van der Waals surface area (Å²) in [4.78, 5) is 23.8. The van der Waals surface area contributed by atoms with E-state index in [0.29, 0.717) is 12.8 Å². The highest BCUT2D eigenvalue weighted by molar-refractivity contribution is 5.69. The van der Waals surface area contributed by atoms with E-state index in [2.05, 4.69) is 39.0 Å². The molecule has 0 fully saturated rings. The Balaban J connectivity index is 3.57. The Bertz CT molecular complexity index is 697. The molecule has 2 N–H and O–H groups in total. The molecule has 0 radical (unpaired) electrons. The van der Waals surface area contributed by atoms with Crippen LogP contribution in [-0.2, 0) is 19.1 Å². The van der Waals surface area contributed by atoms with Gasteiger partial charge < -0.3 is 19.7 Å². The Morgan fingerprint density at radius 2 is 1.12 bits per heavy atom. The maximum atomic E-state index is 11.9. The van der Waals surface area contributed by atoms with E-state index in [-0.39, 0.29) is 25.2 Å². The first-order chi connectivity index (χ1) is 19.8. The third-order valence-electron chi connectivity index (χ3n) is 6.92. The molecule has 0 aromatic carbocycles. The third kappa shape index (κ3) is 30.9. The summed E-state index contributed by atoms with van der Waals surface area (Å²) in [6, 6.07) is 0. The van der Waals surface area contributed by atoms with Crippen LogP contribution in [0, 0.1) is 5.92 Å². The molecule has 1 unspecified atom stereocenters. The van der Waals surface area contributed by atoms with E-state index in [9.17, 15) is 19.8 Å². The number of hydrogen-bond donors (Lipinski definition) is 2. The lowest BCUT2D eigenvalue weighted by Gasteiger charge is -2.12. The number of aliphatic hydroxyl groups excluding tert-OH is 2. The number of ether oxygens (including phenoxy) is 2. The number of allylic oxidation sites excluding steroid dienone is 5. The second-order valence-corrected chi connectivity index (χ2v) is 11.6. The van der Waals surface area contributed by atoms with Crippen LogP contribution in [0.2, 0.25) is 0 Å². The molecule has 0 bridgehead atoms. The van der Waals surface area contributed by atoms with Gasteiger partial charge in [-0.25, -0.2) is 0 Å². The first-order valence-corrected chi connectivity index (χ1v) is 16.5.